The van der Waals surface area contributed by atoms with Gasteiger partial charge >= 0.3 is 0 Å². The molecule has 0 aromatic heterocycles. The first-order chi connectivity index (χ1) is 8.49. The van der Waals surface area contributed by atoms with Crippen LogP contribution in [0.4, 0.5) is 0 Å². The van der Waals surface area contributed by atoms with Gasteiger partial charge in [0.25, 0.3) is 5.91 Å². The zero-order chi connectivity index (χ0) is 13.3. The highest BCUT2D eigenvalue weighted by Gasteiger charge is 2.34. The Kier molecular flexibility index (Phi) is 3.52. The van der Waals surface area contributed by atoms with Crippen molar-refractivity contribution in [1.29, 1.82) is 0 Å². The number of aromatic hydroxyl groups is 1. The molecule has 1 amide bonds. The van der Waals surface area contributed by atoms with Crippen LogP contribution in [0.25, 0.3) is 0 Å². The smallest absolute Gasteiger partial charge is 0.251 e. The van der Waals surface area contributed by atoms with Gasteiger partial charge in [-0.3, -0.25) is 4.79 Å². The second-order valence-corrected chi connectivity index (χ2v) is 5.16. The van der Waals surface area contributed by atoms with E-state index in [-0.39, 0.29) is 17.7 Å². The Morgan fingerprint density at radius 3 is 2.72 bits per heavy atom. The molecule has 1 fully saturated rings. The van der Waals surface area contributed by atoms with Crippen molar-refractivity contribution < 1.29 is 9.90 Å². The summed E-state index contributed by atoms with van der Waals surface area (Å²) >= 11 is 4.96. The lowest BCUT2D eigenvalue weighted by atomic mass is 10.1. The van der Waals surface area contributed by atoms with E-state index < -0.39 is 0 Å². The Balaban J connectivity index is 2.10. The quantitative estimate of drug-likeness (QED) is 0.720. The summed E-state index contributed by atoms with van der Waals surface area (Å²) in [4.78, 5) is 12.3. The molecule has 1 aromatic rings. The average Bonchev–Trinajstić information content (AvgIpc) is 3.13. The third-order valence-electron chi connectivity index (χ3n) is 3.16. The number of benzene rings is 1. The predicted molar refractivity (Wildman–Crippen MR) is 73.6 cm³/mol. The maximum absolute atomic E-state index is 12.0. The number of nitrogens with two attached hydrogens (primary N) is 1. The van der Waals surface area contributed by atoms with Gasteiger partial charge in [-0.1, -0.05) is 18.3 Å². The molecule has 1 saturated carbocycles. The van der Waals surface area contributed by atoms with Crippen molar-refractivity contribution in [2.45, 2.75) is 25.8 Å². The Morgan fingerprint density at radius 1 is 1.56 bits per heavy atom. The van der Waals surface area contributed by atoms with Crippen LogP contribution < -0.4 is 11.1 Å². The Labute approximate surface area is 111 Å². The Morgan fingerprint density at radius 2 is 2.22 bits per heavy atom. The first-order valence-corrected chi connectivity index (χ1v) is 6.29. The summed E-state index contributed by atoms with van der Waals surface area (Å²) in [5.41, 5.74) is 6.78. The minimum atomic E-state index is -0.255. The van der Waals surface area contributed by atoms with Gasteiger partial charge < -0.3 is 16.2 Å². The van der Waals surface area contributed by atoms with Gasteiger partial charge in [0, 0.05) is 5.56 Å². The molecule has 2 rings (SSSR count). The minimum Gasteiger partial charge on any atom is -0.508 e. The summed E-state index contributed by atoms with van der Waals surface area (Å²) in [7, 11) is 0. The van der Waals surface area contributed by atoms with Crippen LogP contribution in [-0.4, -0.2) is 22.0 Å². The molecule has 1 aromatic carbocycles. The van der Waals surface area contributed by atoms with Crippen LogP contribution in [0.3, 0.4) is 0 Å². The topological polar surface area (TPSA) is 75.4 Å². The first-order valence-electron chi connectivity index (χ1n) is 5.89. The van der Waals surface area contributed by atoms with Gasteiger partial charge in [-0.2, -0.15) is 0 Å². The van der Waals surface area contributed by atoms with Crippen molar-refractivity contribution in [1.82, 2.24) is 5.32 Å². The third kappa shape index (κ3) is 2.79. The van der Waals surface area contributed by atoms with E-state index in [0.717, 1.165) is 18.4 Å². The second kappa shape index (κ2) is 4.94. The highest BCUT2D eigenvalue weighted by molar-refractivity contribution is 7.80. The SMILES string of the molecule is Cc1ccc(C(=O)NC(C(N)=S)C2CC2)cc1O. The van der Waals surface area contributed by atoms with Crippen molar-refractivity contribution >= 4 is 23.1 Å². The number of phenols is 1. The molecule has 1 atom stereocenters. The fraction of sp³-hybridized carbons (Fsp3) is 0.385. The van der Waals surface area contributed by atoms with Gasteiger partial charge in [0.2, 0.25) is 0 Å². The van der Waals surface area contributed by atoms with Gasteiger partial charge in [-0.25, -0.2) is 0 Å². The largest absolute Gasteiger partial charge is 0.508 e. The van der Waals surface area contributed by atoms with E-state index in [4.69, 9.17) is 18.0 Å². The van der Waals surface area contributed by atoms with E-state index in [1.54, 1.807) is 19.1 Å². The number of rotatable bonds is 4. The lowest BCUT2D eigenvalue weighted by Gasteiger charge is -2.16. The number of hydrogen-bond acceptors (Lipinski definition) is 3. The summed E-state index contributed by atoms with van der Waals surface area (Å²) in [6.07, 6.45) is 2.09. The zero-order valence-corrected chi connectivity index (χ0v) is 11.0. The van der Waals surface area contributed by atoms with Gasteiger partial charge in [0.05, 0.1) is 11.0 Å². The van der Waals surface area contributed by atoms with Crippen molar-refractivity contribution in [3.63, 3.8) is 0 Å². The van der Waals surface area contributed by atoms with E-state index in [9.17, 15) is 9.90 Å². The molecule has 0 aliphatic heterocycles. The summed E-state index contributed by atoms with van der Waals surface area (Å²) in [5.74, 6) is 0.224. The summed E-state index contributed by atoms with van der Waals surface area (Å²) < 4.78 is 0. The van der Waals surface area contributed by atoms with E-state index in [1.807, 2.05) is 0 Å². The molecule has 1 aliphatic carbocycles. The molecule has 18 heavy (non-hydrogen) atoms. The highest BCUT2D eigenvalue weighted by Crippen LogP contribution is 2.33. The Bertz CT molecular complexity index is 498. The molecule has 96 valence electrons. The molecular weight excluding hydrogens is 248 g/mol. The molecule has 0 saturated heterocycles. The average molecular weight is 264 g/mol. The maximum Gasteiger partial charge on any atom is 0.251 e. The van der Waals surface area contributed by atoms with Gasteiger partial charge in [-0.05, 0) is 43.4 Å². The van der Waals surface area contributed by atoms with Crippen LogP contribution in [0.1, 0.15) is 28.8 Å². The summed E-state index contributed by atoms with van der Waals surface area (Å²) in [6.45, 7) is 1.78. The fourth-order valence-electron chi connectivity index (χ4n) is 1.83. The van der Waals surface area contributed by atoms with E-state index >= 15 is 0 Å². The molecule has 0 bridgehead atoms. The van der Waals surface area contributed by atoms with E-state index in [0.29, 0.717) is 16.5 Å². The lowest BCUT2D eigenvalue weighted by Crippen LogP contribution is -2.45. The first kappa shape index (κ1) is 12.8. The molecule has 1 aliphatic rings. The van der Waals surface area contributed by atoms with Crippen LogP contribution in [0.5, 0.6) is 5.75 Å². The molecule has 1 unspecified atom stereocenters. The van der Waals surface area contributed by atoms with Gasteiger partial charge in [0.1, 0.15) is 5.75 Å². The highest BCUT2D eigenvalue weighted by atomic mass is 32.1. The van der Waals surface area contributed by atoms with Crippen molar-refractivity contribution in [2.24, 2.45) is 11.7 Å². The number of carbonyl (C=O) groups is 1. The third-order valence-corrected chi connectivity index (χ3v) is 3.41. The summed E-state index contributed by atoms with van der Waals surface area (Å²) in [5, 5.41) is 12.4. The number of nitrogens with one attached hydrogen (secondary N) is 1. The van der Waals surface area contributed by atoms with Crippen molar-refractivity contribution in [2.75, 3.05) is 0 Å². The number of carbonyl (C=O) groups excluding carboxylic acids is 1. The summed E-state index contributed by atoms with van der Waals surface area (Å²) in [6, 6.07) is 4.59. The number of phenolic OH excluding ortho intramolecular Hbond substituents is 1. The van der Waals surface area contributed by atoms with Crippen molar-refractivity contribution in [3.8, 4) is 5.75 Å². The van der Waals surface area contributed by atoms with Gasteiger partial charge in [0.15, 0.2) is 0 Å². The minimum absolute atomic E-state index is 0.112. The van der Waals surface area contributed by atoms with Crippen LogP contribution in [0, 0.1) is 12.8 Å². The monoisotopic (exact) mass is 264 g/mol. The van der Waals surface area contributed by atoms with E-state index in [2.05, 4.69) is 5.32 Å². The number of hydrogen-bond donors (Lipinski definition) is 3. The molecule has 0 radical (unpaired) electrons. The molecular formula is C13H16N2O2S. The molecule has 0 heterocycles. The fourth-order valence-corrected chi connectivity index (χ4v) is 2.08. The molecule has 4 nitrogen and oxygen atoms in total. The predicted octanol–water partition coefficient (Wildman–Crippen LogP) is 1.50. The zero-order valence-electron chi connectivity index (χ0n) is 10.1. The van der Waals surface area contributed by atoms with E-state index in [1.165, 1.54) is 6.07 Å². The van der Waals surface area contributed by atoms with Crippen LogP contribution in [-0.2, 0) is 0 Å². The number of thiocarbonyl (C=S) groups is 1. The maximum atomic E-state index is 12.0. The standard InChI is InChI=1S/C13H16N2O2S/c1-7-2-3-9(6-10(7)16)13(17)15-11(12(14)18)8-4-5-8/h2-3,6,8,11,16H,4-5H2,1H3,(H2,14,18)(H,15,17). The lowest BCUT2D eigenvalue weighted by molar-refractivity contribution is 0.0943. The number of amides is 1. The second-order valence-electron chi connectivity index (χ2n) is 4.69. The normalized spacial score (nSPS) is 16.1. The Hall–Kier alpha value is -1.62. The van der Waals surface area contributed by atoms with Crippen LogP contribution >= 0.6 is 12.2 Å². The number of aryl methyl sites for hydroxylation is 1. The molecule has 0 spiro atoms. The molecule has 4 N–H and O–H groups in total. The van der Waals surface area contributed by atoms with Crippen molar-refractivity contribution in [3.05, 3.63) is 29.3 Å². The van der Waals surface area contributed by atoms with Crippen LogP contribution in [0.15, 0.2) is 18.2 Å². The van der Waals surface area contributed by atoms with Gasteiger partial charge in [-0.15, -0.1) is 0 Å². The molecule has 5 heteroatoms. The van der Waals surface area contributed by atoms with Crippen LogP contribution in [0.2, 0.25) is 0 Å².